The zero-order chi connectivity index (χ0) is 17.9. The summed E-state index contributed by atoms with van der Waals surface area (Å²) in [4.78, 5) is 12.9. The van der Waals surface area contributed by atoms with Crippen molar-refractivity contribution in [2.24, 2.45) is 0 Å². The number of nitrogens with one attached hydrogen (secondary N) is 1. The Morgan fingerprint density at radius 1 is 1.33 bits per heavy atom. The Morgan fingerprint density at radius 3 is 2.46 bits per heavy atom. The van der Waals surface area contributed by atoms with Crippen molar-refractivity contribution in [3.8, 4) is 0 Å². The van der Waals surface area contributed by atoms with Crippen molar-refractivity contribution in [3.05, 3.63) is 24.3 Å². The van der Waals surface area contributed by atoms with Crippen LogP contribution in [0.2, 0.25) is 0 Å². The summed E-state index contributed by atoms with van der Waals surface area (Å²) in [6.07, 6.45) is 0.207. The van der Waals surface area contributed by atoms with E-state index in [1.165, 1.54) is 24.0 Å². The Morgan fingerprint density at radius 2 is 1.96 bits per heavy atom. The zero-order valence-corrected chi connectivity index (χ0v) is 15.2. The summed E-state index contributed by atoms with van der Waals surface area (Å²) in [6, 6.07) is 5.87. The smallest absolute Gasteiger partial charge is 0.240 e. The lowest BCUT2D eigenvalue weighted by atomic mass is 9.86. The highest BCUT2D eigenvalue weighted by Crippen LogP contribution is 2.28. The van der Waals surface area contributed by atoms with Crippen LogP contribution in [0.15, 0.2) is 29.2 Å². The summed E-state index contributed by atoms with van der Waals surface area (Å²) in [5, 5.41) is 0. The number of rotatable bonds is 7. The van der Waals surface area contributed by atoms with Crippen molar-refractivity contribution in [2.45, 2.75) is 43.4 Å². The number of sulfonamides is 1. The number of nitrogens with zero attached hydrogens (tertiary/aromatic N) is 1. The first kappa shape index (κ1) is 18.9. The van der Waals surface area contributed by atoms with Gasteiger partial charge >= 0.3 is 0 Å². The van der Waals surface area contributed by atoms with E-state index in [9.17, 15) is 13.2 Å². The molecule has 3 atom stereocenters. The highest BCUT2D eigenvalue weighted by molar-refractivity contribution is 7.89. The second-order valence-electron chi connectivity index (χ2n) is 5.73. The average molecular weight is 356 g/mol. The number of hydrogen-bond donors (Lipinski definition) is 1. The van der Waals surface area contributed by atoms with E-state index in [1.807, 2.05) is 6.92 Å². The molecule has 1 aliphatic carbocycles. The number of hydrogen-bond acceptors (Lipinski definition) is 5. The molecule has 8 heteroatoms. The molecule has 0 spiro atoms. The predicted octanol–water partition coefficient (Wildman–Crippen LogP) is 1.14. The van der Waals surface area contributed by atoms with Crippen molar-refractivity contribution in [2.75, 3.05) is 25.7 Å². The molecule has 24 heavy (non-hydrogen) atoms. The van der Waals surface area contributed by atoms with Gasteiger partial charge in [-0.15, -0.1) is 0 Å². The minimum atomic E-state index is -3.65. The number of amides is 1. The molecule has 1 aromatic rings. The maximum Gasteiger partial charge on any atom is 0.240 e. The van der Waals surface area contributed by atoms with Gasteiger partial charge in [0.25, 0.3) is 0 Å². The van der Waals surface area contributed by atoms with Crippen LogP contribution in [0.5, 0.6) is 0 Å². The first-order chi connectivity index (χ1) is 11.3. The molecule has 1 fully saturated rings. The lowest BCUT2D eigenvalue weighted by Gasteiger charge is -2.43. The lowest BCUT2D eigenvalue weighted by molar-refractivity contribution is -0.126. The van der Waals surface area contributed by atoms with E-state index in [0.717, 1.165) is 0 Å². The minimum Gasteiger partial charge on any atom is -0.377 e. The van der Waals surface area contributed by atoms with Gasteiger partial charge in [0.1, 0.15) is 0 Å². The maximum absolute atomic E-state index is 12.5. The summed E-state index contributed by atoms with van der Waals surface area (Å²) < 4.78 is 38.5. The minimum absolute atomic E-state index is 0.0840. The van der Waals surface area contributed by atoms with Crippen LogP contribution >= 0.6 is 0 Å². The Bertz CT molecular complexity index is 674. The van der Waals surface area contributed by atoms with Gasteiger partial charge < -0.3 is 14.4 Å². The van der Waals surface area contributed by atoms with Gasteiger partial charge in [-0.2, -0.15) is 0 Å². The molecule has 1 N–H and O–H groups in total. The van der Waals surface area contributed by atoms with Crippen molar-refractivity contribution < 1.29 is 22.7 Å². The molecule has 0 bridgehead atoms. The highest BCUT2D eigenvalue weighted by Gasteiger charge is 2.44. The van der Waals surface area contributed by atoms with E-state index in [4.69, 9.17) is 9.47 Å². The summed E-state index contributed by atoms with van der Waals surface area (Å²) in [7, 11) is -0.474. The lowest BCUT2D eigenvalue weighted by Crippen LogP contribution is -2.60. The van der Waals surface area contributed by atoms with Gasteiger partial charge in [0.2, 0.25) is 15.9 Å². The van der Waals surface area contributed by atoms with Crippen LogP contribution in [-0.4, -0.2) is 53.3 Å². The van der Waals surface area contributed by atoms with Crippen LogP contribution in [0.3, 0.4) is 0 Å². The fraction of sp³-hybridized carbons (Fsp3) is 0.562. The number of anilines is 1. The Hall–Kier alpha value is -1.48. The van der Waals surface area contributed by atoms with Crippen LogP contribution in [0, 0.1) is 0 Å². The monoisotopic (exact) mass is 356 g/mol. The number of carbonyl (C=O) groups excluding carboxylic acids is 1. The molecule has 1 amide bonds. The summed E-state index contributed by atoms with van der Waals surface area (Å²) >= 11 is 0. The number of methoxy groups -OCH3 is 1. The fourth-order valence-electron chi connectivity index (χ4n) is 2.69. The SMILES string of the molecule is CCOC1CC(NS(=O)(=O)c2ccc(N(C)C(C)=O)cc2)C1OC. The second-order valence-corrected chi connectivity index (χ2v) is 7.44. The van der Waals surface area contributed by atoms with Gasteiger partial charge in [-0.25, -0.2) is 13.1 Å². The molecule has 7 nitrogen and oxygen atoms in total. The van der Waals surface area contributed by atoms with E-state index < -0.39 is 10.0 Å². The number of benzene rings is 1. The maximum atomic E-state index is 12.5. The molecule has 1 aromatic carbocycles. The van der Waals surface area contributed by atoms with Crippen molar-refractivity contribution >= 4 is 21.6 Å². The van der Waals surface area contributed by atoms with Crippen molar-refractivity contribution in [1.29, 1.82) is 0 Å². The van der Waals surface area contributed by atoms with E-state index in [0.29, 0.717) is 18.7 Å². The van der Waals surface area contributed by atoms with Crippen molar-refractivity contribution in [3.63, 3.8) is 0 Å². The van der Waals surface area contributed by atoms with Gasteiger partial charge in [0.15, 0.2) is 0 Å². The van der Waals surface area contributed by atoms with E-state index in [-0.39, 0.29) is 29.1 Å². The topological polar surface area (TPSA) is 84.9 Å². The second kappa shape index (κ2) is 7.60. The summed E-state index contributed by atoms with van der Waals surface area (Å²) in [5.74, 6) is -0.122. The van der Waals surface area contributed by atoms with E-state index in [2.05, 4.69) is 4.72 Å². The molecule has 3 unspecified atom stereocenters. The molecular formula is C16H24N2O5S. The standard InChI is InChI=1S/C16H24N2O5S/c1-5-23-15-10-14(16(15)22-4)17-24(20,21)13-8-6-12(7-9-13)18(3)11(2)19/h6-9,14-17H,5,10H2,1-4H3. The predicted molar refractivity (Wildman–Crippen MR) is 90.5 cm³/mol. The molecule has 2 rings (SSSR count). The largest absolute Gasteiger partial charge is 0.377 e. The zero-order valence-electron chi connectivity index (χ0n) is 14.4. The van der Waals surface area contributed by atoms with Gasteiger partial charge in [-0.05, 0) is 37.6 Å². The van der Waals surface area contributed by atoms with Gasteiger partial charge in [0, 0.05) is 33.4 Å². The third-order valence-corrected chi connectivity index (χ3v) is 5.72. The molecular weight excluding hydrogens is 332 g/mol. The van der Waals surface area contributed by atoms with E-state index in [1.54, 1.807) is 26.3 Å². The van der Waals surface area contributed by atoms with Crippen LogP contribution in [0.1, 0.15) is 20.3 Å². The third kappa shape index (κ3) is 3.94. The highest BCUT2D eigenvalue weighted by atomic mass is 32.2. The molecule has 0 aliphatic heterocycles. The van der Waals surface area contributed by atoms with Crippen LogP contribution < -0.4 is 9.62 Å². The molecule has 0 saturated heterocycles. The molecule has 0 radical (unpaired) electrons. The summed E-state index contributed by atoms with van der Waals surface area (Å²) in [5.41, 5.74) is 0.635. The number of ether oxygens (including phenoxy) is 2. The first-order valence-electron chi connectivity index (χ1n) is 7.81. The molecule has 0 aromatic heterocycles. The average Bonchev–Trinajstić information content (AvgIpc) is 2.53. The normalized spacial score (nSPS) is 23.6. The first-order valence-corrected chi connectivity index (χ1v) is 9.29. The third-order valence-electron chi connectivity index (χ3n) is 4.22. The number of carbonyl (C=O) groups is 1. The molecule has 134 valence electrons. The van der Waals surface area contributed by atoms with Gasteiger partial charge in [-0.1, -0.05) is 0 Å². The molecule has 1 aliphatic rings. The van der Waals surface area contributed by atoms with Crippen LogP contribution in [-0.2, 0) is 24.3 Å². The molecule has 0 heterocycles. The van der Waals surface area contributed by atoms with Crippen LogP contribution in [0.25, 0.3) is 0 Å². The summed E-state index contributed by atoms with van der Waals surface area (Å²) in [6.45, 7) is 3.90. The van der Waals surface area contributed by atoms with Gasteiger partial charge in [-0.3, -0.25) is 4.79 Å². The quantitative estimate of drug-likeness (QED) is 0.792. The van der Waals surface area contributed by atoms with E-state index >= 15 is 0 Å². The van der Waals surface area contributed by atoms with Crippen molar-refractivity contribution in [1.82, 2.24) is 4.72 Å². The van der Waals surface area contributed by atoms with Crippen LogP contribution in [0.4, 0.5) is 5.69 Å². The Kier molecular flexibility index (Phi) is 5.97. The molecule has 1 saturated carbocycles. The Balaban J connectivity index is 2.07. The Labute approximate surface area is 143 Å². The fourth-order valence-corrected chi connectivity index (χ4v) is 3.95. The van der Waals surface area contributed by atoms with Gasteiger partial charge in [0.05, 0.1) is 23.1 Å².